The van der Waals surface area contributed by atoms with Crippen LogP contribution in [0.15, 0.2) is 29.3 Å². The number of nitro benzene ring substituents is 1. The fourth-order valence-electron chi connectivity index (χ4n) is 1.62. The summed E-state index contributed by atoms with van der Waals surface area (Å²) in [5.74, 6) is 0.766. The van der Waals surface area contributed by atoms with Gasteiger partial charge < -0.3 is 10.6 Å². The maximum atomic E-state index is 10.6. The summed E-state index contributed by atoms with van der Waals surface area (Å²) in [6.07, 6.45) is 1.04. The first-order valence-electron chi connectivity index (χ1n) is 5.51. The zero-order valence-corrected chi connectivity index (χ0v) is 12.1. The molecule has 0 aromatic heterocycles. The third-order valence-electron chi connectivity index (χ3n) is 2.48. The Bertz CT molecular complexity index is 450. The van der Waals surface area contributed by atoms with E-state index >= 15 is 0 Å². The first-order chi connectivity index (χ1) is 8.25. The molecule has 98 valence electrons. The van der Waals surface area contributed by atoms with Gasteiger partial charge in [-0.05, 0) is 12.0 Å². The molecule has 0 spiro atoms. The van der Waals surface area contributed by atoms with E-state index in [4.69, 9.17) is 0 Å². The molecule has 0 saturated carbocycles. The summed E-state index contributed by atoms with van der Waals surface area (Å²) in [6.45, 7) is 2.28. The summed E-state index contributed by atoms with van der Waals surface area (Å²) in [5, 5.41) is 16.9. The standard InChI is InChI=1S/C11H14N4O2.HI/c16-15(17)10-4-1-3-9(7-10)8-14-11-12-5-2-6-13-11;/h1,3-4,7H,2,5-6,8H2,(H2,12,13,14);1H. The number of non-ortho nitro benzene ring substituents is 1. The molecule has 0 aliphatic carbocycles. The van der Waals surface area contributed by atoms with Crippen LogP contribution in [0.1, 0.15) is 12.0 Å². The van der Waals surface area contributed by atoms with Crippen LogP contribution in [0.4, 0.5) is 5.69 Å². The van der Waals surface area contributed by atoms with Crippen molar-refractivity contribution < 1.29 is 4.92 Å². The number of rotatable bonds is 3. The summed E-state index contributed by atoms with van der Waals surface area (Å²) in [6, 6.07) is 6.59. The maximum Gasteiger partial charge on any atom is 0.269 e. The van der Waals surface area contributed by atoms with Gasteiger partial charge in [0.05, 0.1) is 4.92 Å². The van der Waals surface area contributed by atoms with Crippen molar-refractivity contribution in [2.75, 3.05) is 13.1 Å². The molecule has 0 unspecified atom stereocenters. The minimum absolute atomic E-state index is 0. The highest BCUT2D eigenvalue weighted by molar-refractivity contribution is 14.0. The number of hydrogen-bond acceptors (Lipinski definition) is 5. The predicted octanol–water partition coefficient (Wildman–Crippen LogP) is 1.65. The van der Waals surface area contributed by atoms with E-state index in [2.05, 4.69) is 15.6 Å². The van der Waals surface area contributed by atoms with Gasteiger partial charge in [0.15, 0.2) is 5.96 Å². The lowest BCUT2D eigenvalue weighted by Gasteiger charge is -2.15. The minimum Gasteiger partial charge on any atom is -0.356 e. The Balaban J connectivity index is 0.00000162. The van der Waals surface area contributed by atoms with Gasteiger partial charge in [0.2, 0.25) is 0 Å². The molecule has 6 nitrogen and oxygen atoms in total. The molecular weight excluding hydrogens is 347 g/mol. The first-order valence-corrected chi connectivity index (χ1v) is 5.51. The lowest BCUT2D eigenvalue weighted by molar-refractivity contribution is -0.384. The fraction of sp³-hybridized carbons (Fsp3) is 0.364. The molecule has 0 atom stereocenters. The zero-order valence-electron chi connectivity index (χ0n) is 9.76. The Morgan fingerprint density at radius 1 is 1.50 bits per heavy atom. The van der Waals surface area contributed by atoms with Crippen molar-refractivity contribution in [2.45, 2.75) is 13.0 Å². The molecule has 1 aromatic rings. The largest absolute Gasteiger partial charge is 0.356 e. The van der Waals surface area contributed by atoms with Gasteiger partial charge in [0, 0.05) is 31.8 Å². The van der Waals surface area contributed by atoms with Crippen molar-refractivity contribution in [1.82, 2.24) is 10.6 Å². The van der Waals surface area contributed by atoms with Crippen molar-refractivity contribution in [2.24, 2.45) is 4.99 Å². The van der Waals surface area contributed by atoms with Crippen LogP contribution in [0.2, 0.25) is 0 Å². The Hall–Kier alpha value is -1.38. The minimum atomic E-state index is -0.389. The lowest BCUT2D eigenvalue weighted by atomic mass is 10.2. The van der Waals surface area contributed by atoms with Crippen LogP contribution in [-0.4, -0.2) is 24.0 Å². The summed E-state index contributed by atoms with van der Waals surface area (Å²) in [7, 11) is 0. The smallest absolute Gasteiger partial charge is 0.269 e. The van der Waals surface area contributed by atoms with E-state index < -0.39 is 0 Å². The highest BCUT2D eigenvalue weighted by Crippen LogP contribution is 2.12. The number of nitro groups is 1. The summed E-state index contributed by atoms with van der Waals surface area (Å²) >= 11 is 0. The third kappa shape index (κ3) is 4.13. The van der Waals surface area contributed by atoms with Crippen LogP contribution in [0, 0.1) is 10.1 Å². The van der Waals surface area contributed by atoms with E-state index in [-0.39, 0.29) is 34.6 Å². The normalized spacial score (nSPS) is 13.9. The van der Waals surface area contributed by atoms with Crippen molar-refractivity contribution in [1.29, 1.82) is 0 Å². The highest BCUT2D eigenvalue weighted by atomic mass is 127. The van der Waals surface area contributed by atoms with Crippen LogP contribution in [0.25, 0.3) is 0 Å². The highest BCUT2D eigenvalue weighted by Gasteiger charge is 2.07. The van der Waals surface area contributed by atoms with Gasteiger partial charge in [-0.15, -0.1) is 24.0 Å². The zero-order chi connectivity index (χ0) is 12.1. The quantitative estimate of drug-likeness (QED) is 0.487. The van der Waals surface area contributed by atoms with Gasteiger partial charge in [-0.2, -0.15) is 0 Å². The third-order valence-corrected chi connectivity index (χ3v) is 2.48. The monoisotopic (exact) mass is 362 g/mol. The number of nitrogens with one attached hydrogen (secondary N) is 2. The number of nitrogens with zero attached hydrogens (tertiary/aromatic N) is 2. The molecule has 18 heavy (non-hydrogen) atoms. The molecule has 2 rings (SSSR count). The van der Waals surface area contributed by atoms with Crippen LogP contribution in [0.3, 0.4) is 0 Å². The summed E-state index contributed by atoms with van der Waals surface area (Å²) in [4.78, 5) is 14.5. The van der Waals surface area contributed by atoms with Gasteiger partial charge in [-0.1, -0.05) is 12.1 Å². The van der Waals surface area contributed by atoms with Gasteiger partial charge in [0.1, 0.15) is 0 Å². The Morgan fingerprint density at radius 3 is 3.00 bits per heavy atom. The Morgan fingerprint density at radius 2 is 2.33 bits per heavy atom. The molecule has 1 aromatic carbocycles. The number of aliphatic imine (C=N–C) groups is 1. The van der Waals surface area contributed by atoms with Crippen molar-refractivity contribution in [3.05, 3.63) is 39.9 Å². The van der Waals surface area contributed by atoms with Crippen molar-refractivity contribution in [3.8, 4) is 0 Å². The van der Waals surface area contributed by atoms with Crippen LogP contribution >= 0.6 is 24.0 Å². The molecule has 0 amide bonds. The van der Waals surface area contributed by atoms with E-state index in [1.807, 2.05) is 6.07 Å². The fourth-order valence-corrected chi connectivity index (χ4v) is 1.62. The molecule has 7 heteroatoms. The number of hydrogen-bond donors (Lipinski definition) is 2. The van der Waals surface area contributed by atoms with E-state index in [0.29, 0.717) is 6.54 Å². The van der Waals surface area contributed by atoms with Crippen LogP contribution in [-0.2, 0) is 6.54 Å². The van der Waals surface area contributed by atoms with Crippen molar-refractivity contribution in [3.63, 3.8) is 0 Å². The van der Waals surface area contributed by atoms with E-state index in [1.54, 1.807) is 12.1 Å². The van der Waals surface area contributed by atoms with E-state index in [1.165, 1.54) is 6.07 Å². The SMILES string of the molecule is I.O=[N+]([O-])c1cccc(CNC2=NCCCN2)c1. The molecule has 2 N–H and O–H groups in total. The lowest BCUT2D eigenvalue weighted by Crippen LogP contribution is -2.40. The van der Waals surface area contributed by atoms with Crippen LogP contribution in [0.5, 0.6) is 0 Å². The second-order valence-corrected chi connectivity index (χ2v) is 3.79. The van der Waals surface area contributed by atoms with E-state index in [9.17, 15) is 10.1 Å². The van der Waals surface area contributed by atoms with Crippen LogP contribution < -0.4 is 10.6 Å². The molecule has 1 aliphatic heterocycles. The first kappa shape index (κ1) is 14.7. The average Bonchev–Trinajstić information content (AvgIpc) is 2.38. The molecule has 0 radical (unpaired) electrons. The van der Waals surface area contributed by atoms with Gasteiger partial charge in [-0.3, -0.25) is 15.1 Å². The number of benzene rings is 1. The molecule has 1 aliphatic rings. The molecule has 0 bridgehead atoms. The number of halogens is 1. The van der Waals surface area contributed by atoms with E-state index in [0.717, 1.165) is 31.0 Å². The summed E-state index contributed by atoms with van der Waals surface area (Å²) in [5.41, 5.74) is 0.983. The second kappa shape index (κ2) is 7.14. The second-order valence-electron chi connectivity index (χ2n) is 3.79. The predicted molar refractivity (Wildman–Crippen MR) is 80.3 cm³/mol. The van der Waals surface area contributed by atoms with Gasteiger partial charge in [0.25, 0.3) is 5.69 Å². The topological polar surface area (TPSA) is 79.6 Å². The molecule has 1 heterocycles. The Kier molecular flexibility index (Phi) is 5.83. The maximum absolute atomic E-state index is 10.6. The van der Waals surface area contributed by atoms with Gasteiger partial charge in [-0.25, -0.2) is 0 Å². The Labute approximate surface area is 122 Å². The average molecular weight is 362 g/mol. The molecule has 0 saturated heterocycles. The summed E-state index contributed by atoms with van der Waals surface area (Å²) < 4.78 is 0. The van der Waals surface area contributed by atoms with Gasteiger partial charge >= 0.3 is 0 Å². The van der Waals surface area contributed by atoms with Crippen molar-refractivity contribution >= 4 is 35.6 Å². The number of guanidine groups is 1. The molecule has 0 fully saturated rings. The molecular formula is C11H15IN4O2.